The third-order valence-electron chi connectivity index (χ3n) is 4.41. The molecule has 1 unspecified atom stereocenters. The van der Waals surface area contributed by atoms with Crippen molar-refractivity contribution in [3.8, 4) is 0 Å². The molecule has 1 aromatic carbocycles. The number of anilines is 1. The lowest BCUT2D eigenvalue weighted by Crippen LogP contribution is -2.44. The summed E-state index contributed by atoms with van der Waals surface area (Å²) in [4.78, 5) is 16.2. The number of hydrogen-bond acceptors (Lipinski definition) is 4. The summed E-state index contributed by atoms with van der Waals surface area (Å²) in [6.07, 6.45) is 4.80. The lowest BCUT2D eigenvalue weighted by molar-refractivity contribution is -0.116. The number of nitrogens with zero attached hydrogens (tertiary/aromatic N) is 3. The van der Waals surface area contributed by atoms with Crippen LogP contribution in [0, 0.1) is 0 Å². The van der Waals surface area contributed by atoms with Gasteiger partial charge in [-0.1, -0.05) is 19.1 Å². The Morgan fingerprint density at radius 2 is 1.97 bits per heavy atom. The van der Waals surface area contributed by atoms with Crippen molar-refractivity contribution >= 4 is 17.6 Å². The molecule has 0 radical (unpaired) electrons. The average Bonchev–Trinajstić information content (AvgIpc) is 3.13. The standard InChI is InChI=1S/C21H32N6O2/c1-5-7-19(28)26-18-10-8-16(9-11-18)12-23-20(22-6-2)24-15-21(3,29)17-13-25-27(4)14-17/h8-11,13-14,29H,5-7,12,15H2,1-4H3,(H,26,28)(H2,22,23,24). The molecule has 2 rings (SSSR count). The van der Waals surface area contributed by atoms with Gasteiger partial charge in [0.25, 0.3) is 0 Å². The molecular formula is C21H32N6O2. The van der Waals surface area contributed by atoms with E-state index in [0.717, 1.165) is 23.2 Å². The van der Waals surface area contributed by atoms with Gasteiger partial charge in [-0.15, -0.1) is 0 Å². The lowest BCUT2D eigenvalue weighted by Gasteiger charge is -2.23. The fraction of sp³-hybridized carbons (Fsp3) is 0.476. The molecule has 4 N–H and O–H groups in total. The maximum atomic E-state index is 11.7. The number of nitrogens with one attached hydrogen (secondary N) is 3. The van der Waals surface area contributed by atoms with E-state index in [-0.39, 0.29) is 5.91 Å². The third kappa shape index (κ3) is 7.23. The Balaban J connectivity index is 1.95. The quantitative estimate of drug-likeness (QED) is 0.381. The summed E-state index contributed by atoms with van der Waals surface area (Å²) < 4.78 is 1.66. The molecule has 8 heteroatoms. The fourth-order valence-corrected chi connectivity index (χ4v) is 2.71. The summed E-state index contributed by atoms with van der Waals surface area (Å²) in [6.45, 7) is 7.20. The second kappa shape index (κ2) is 10.6. The van der Waals surface area contributed by atoms with E-state index >= 15 is 0 Å². The number of hydrogen-bond donors (Lipinski definition) is 4. The van der Waals surface area contributed by atoms with Gasteiger partial charge in [-0.25, -0.2) is 4.99 Å². The first kappa shape index (κ1) is 22.4. The molecule has 0 fully saturated rings. The molecular weight excluding hydrogens is 368 g/mol. The first-order valence-corrected chi connectivity index (χ1v) is 9.96. The van der Waals surface area contributed by atoms with Gasteiger partial charge in [0.15, 0.2) is 5.96 Å². The van der Waals surface area contributed by atoms with E-state index in [1.807, 2.05) is 45.2 Å². The molecule has 0 saturated heterocycles. The smallest absolute Gasteiger partial charge is 0.224 e. The van der Waals surface area contributed by atoms with Crippen LogP contribution in [0.4, 0.5) is 5.69 Å². The summed E-state index contributed by atoms with van der Waals surface area (Å²) in [5.74, 6) is 0.648. The van der Waals surface area contributed by atoms with Gasteiger partial charge in [-0.3, -0.25) is 9.48 Å². The molecule has 0 saturated carbocycles. The van der Waals surface area contributed by atoms with Crippen LogP contribution in [-0.2, 0) is 24.0 Å². The Morgan fingerprint density at radius 3 is 2.55 bits per heavy atom. The number of aliphatic hydroxyl groups is 1. The van der Waals surface area contributed by atoms with Crippen LogP contribution in [0.5, 0.6) is 0 Å². The van der Waals surface area contributed by atoms with Crippen molar-refractivity contribution in [3.05, 3.63) is 47.8 Å². The molecule has 0 spiro atoms. The van der Waals surface area contributed by atoms with Gasteiger partial charge in [0.1, 0.15) is 5.60 Å². The molecule has 8 nitrogen and oxygen atoms in total. The summed E-state index contributed by atoms with van der Waals surface area (Å²) in [7, 11) is 1.82. The highest BCUT2D eigenvalue weighted by atomic mass is 16.3. The van der Waals surface area contributed by atoms with Crippen LogP contribution < -0.4 is 16.0 Å². The summed E-state index contributed by atoms with van der Waals surface area (Å²) in [6, 6.07) is 7.65. The predicted molar refractivity (Wildman–Crippen MR) is 116 cm³/mol. The van der Waals surface area contributed by atoms with Crippen LogP contribution in [0.3, 0.4) is 0 Å². The topological polar surface area (TPSA) is 104 Å². The number of aliphatic imine (C=N–C) groups is 1. The van der Waals surface area contributed by atoms with Crippen molar-refractivity contribution in [2.45, 2.75) is 45.8 Å². The maximum absolute atomic E-state index is 11.7. The van der Waals surface area contributed by atoms with Crippen molar-refractivity contribution in [2.24, 2.45) is 12.0 Å². The minimum Gasteiger partial charge on any atom is -0.383 e. The Morgan fingerprint density at radius 1 is 1.24 bits per heavy atom. The summed E-state index contributed by atoms with van der Waals surface area (Å²) in [5, 5.41) is 24.1. The monoisotopic (exact) mass is 400 g/mol. The molecule has 2 aromatic rings. The van der Waals surface area contributed by atoms with E-state index in [4.69, 9.17) is 0 Å². The van der Waals surface area contributed by atoms with Crippen LogP contribution in [0.1, 0.15) is 44.7 Å². The van der Waals surface area contributed by atoms with E-state index in [1.165, 1.54) is 0 Å². The predicted octanol–water partition coefficient (Wildman–Crippen LogP) is 2.12. The number of carbonyl (C=O) groups excluding carboxylic acids is 1. The van der Waals surface area contributed by atoms with Gasteiger partial charge < -0.3 is 21.1 Å². The zero-order valence-corrected chi connectivity index (χ0v) is 17.7. The van der Waals surface area contributed by atoms with Crippen molar-refractivity contribution in [1.29, 1.82) is 0 Å². The van der Waals surface area contributed by atoms with Gasteiger partial charge in [-0.05, 0) is 38.0 Å². The molecule has 0 bridgehead atoms. The number of aromatic nitrogens is 2. The maximum Gasteiger partial charge on any atom is 0.224 e. The number of guanidine groups is 1. The van der Waals surface area contributed by atoms with Crippen LogP contribution >= 0.6 is 0 Å². The Hall–Kier alpha value is -2.87. The summed E-state index contributed by atoms with van der Waals surface area (Å²) >= 11 is 0. The second-order valence-electron chi connectivity index (χ2n) is 7.22. The highest BCUT2D eigenvalue weighted by Gasteiger charge is 2.24. The Bertz CT molecular complexity index is 811. The molecule has 0 aliphatic rings. The number of rotatable bonds is 9. The van der Waals surface area contributed by atoms with E-state index in [9.17, 15) is 9.90 Å². The average molecular weight is 401 g/mol. The van der Waals surface area contributed by atoms with Crippen LogP contribution in [0.15, 0.2) is 41.7 Å². The van der Waals surface area contributed by atoms with Crippen molar-refractivity contribution < 1.29 is 9.90 Å². The minimum atomic E-state index is -1.07. The summed E-state index contributed by atoms with van der Waals surface area (Å²) in [5.41, 5.74) is 1.48. The molecule has 158 valence electrons. The number of carbonyl (C=O) groups is 1. The number of aryl methyl sites for hydroxylation is 1. The molecule has 1 atom stereocenters. The van der Waals surface area contributed by atoms with Crippen molar-refractivity contribution in [1.82, 2.24) is 20.4 Å². The van der Waals surface area contributed by atoms with Gasteiger partial charge in [0.05, 0.1) is 19.3 Å². The highest BCUT2D eigenvalue weighted by molar-refractivity contribution is 5.90. The van der Waals surface area contributed by atoms with Gasteiger partial charge in [0.2, 0.25) is 5.91 Å². The number of benzene rings is 1. The van der Waals surface area contributed by atoms with Crippen molar-refractivity contribution in [2.75, 3.05) is 18.4 Å². The SMILES string of the molecule is CCCC(=O)Nc1ccc(CN=C(NCC)NCC(C)(O)c2cnn(C)c2)cc1. The van der Waals surface area contributed by atoms with Gasteiger partial charge >= 0.3 is 0 Å². The second-order valence-corrected chi connectivity index (χ2v) is 7.22. The lowest BCUT2D eigenvalue weighted by atomic mass is 10.00. The largest absolute Gasteiger partial charge is 0.383 e. The van der Waals surface area contributed by atoms with E-state index in [0.29, 0.717) is 32.0 Å². The van der Waals surface area contributed by atoms with E-state index < -0.39 is 5.60 Å². The first-order chi connectivity index (χ1) is 13.8. The zero-order chi connectivity index (χ0) is 21.3. The number of amides is 1. The zero-order valence-electron chi connectivity index (χ0n) is 17.7. The third-order valence-corrected chi connectivity index (χ3v) is 4.41. The normalized spacial score (nSPS) is 13.6. The highest BCUT2D eigenvalue weighted by Crippen LogP contribution is 2.18. The molecule has 0 aliphatic heterocycles. The van der Waals surface area contributed by atoms with Crippen molar-refractivity contribution in [3.63, 3.8) is 0 Å². The van der Waals surface area contributed by atoms with Gasteiger partial charge in [-0.2, -0.15) is 5.10 Å². The Labute approximate surface area is 172 Å². The molecule has 1 amide bonds. The molecule has 0 aliphatic carbocycles. The van der Waals surface area contributed by atoms with E-state index in [2.05, 4.69) is 26.0 Å². The fourth-order valence-electron chi connectivity index (χ4n) is 2.71. The van der Waals surface area contributed by atoms with Crippen LogP contribution in [0.25, 0.3) is 0 Å². The van der Waals surface area contributed by atoms with Crippen LogP contribution in [0.2, 0.25) is 0 Å². The first-order valence-electron chi connectivity index (χ1n) is 9.96. The van der Waals surface area contributed by atoms with E-state index in [1.54, 1.807) is 24.0 Å². The molecule has 1 heterocycles. The van der Waals surface area contributed by atoms with Gasteiger partial charge in [0, 0.05) is 37.5 Å². The van der Waals surface area contributed by atoms with Crippen LogP contribution in [-0.4, -0.2) is 39.8 Å². The molecule has 29 heavy (non-hydrogen) atoms. The minimum absolute atomic E-state index is 0.0255. The Kier molecular flexibility index (Phi) is 8.21. The molecule has 1 aromatic heterocycles.